The topological polar surface area (TPSA) is 51.8 Å². The second kappa shape index (κ2) is 12.0. The maximum Gasteiger partial charge on any atom is 0.164 e. The van der Waals surface area contributed by atoms with Crippen molar-refractivity contribution in [2.45, 2.75) is 10.8 Å². The van der Waals surface area contributed by atoms with Gasteiger partial charge in [-0.05, 0) is 67.8 Å². The van der Waals surface area contributed by atoms with Gasteiger partial charge in [-0.2, -0.15) is 0 Å². The number of nitrogens with zero attached hydrogens (tertiary/aromatic N) is 3. The van der Waals surface area contributed by atoms with E-state index in [1.165, 1.54) is 22.3 Å². The summed E-state index contributed by atoms with van der Waals surface area (Å²) in [4.78, 5) is 17.3. The average molecular weight is 728 g/mol. The molecule has 8 aromatic carbocycles. The molecule has 2 heterocycles. The molecule has 0 fully saturated rings. The van der Waals surface area contributed by atoms with Gasteiger partial charge in [0.1, 0.15) is 22.0 Å². The number of rotatable bonds is 5. The highest BCUT2D eigenvalue weighted by Gasteiger charge is 2.52. The molecule has 0 unspecified atom stereocenters. The molecule has 4 nitrogen and oxygen atoms in total. The third-order valence-electron chi connectivity index (χ3n) is 12.3. The van der Waals surface area contributed by atoms with Crippen molar-refractivity contribution in [3.05, 3.63) is 245 Å². The number of aromatic nitrogens is 3. The van der Waals surface area contributed by atoms with Gasteiger partial charge in [-0.3, -0.25) is 0 Å². The Balaban J connectivity index is 1.29. The van der Waals surface area contributed by atoms with Gasteiger partial charge in [0.2, 0.25) is 0 Å². The van der Waals surface area contributed by atoms with E-state index in [0.29, 0.717) is 17.5 Å². The normalized spacial score (nSPS) is 14.2. The molecular formula is C53H33N3O. The van der Waals surface area contributed by atoms with Crippen LogP contribution in [0.25, 0.3) is 55.6 Å². The van der Waals surface area contributed by atoms with E-state index in [2.05, 4.69) is 176 Å². The molecule has 0 atom stereocenters. The van der Waals surface area contributed by atoms with E-state index in [1.807, 2.05) is 24.3 Å². The molecule has 57 heavy (non-hydrogen) atoms. The number of para-hydroxylation sites is 1. The molecule has 0 saturated heterocycles. The Morgan fingerprint density at radius 1 is 0.316 bits per heavy atom. The fourth-order valence-corrected chi connectivity index (χ4v) is 10.0. The molecule has 0 amide bonds. The van der Waals surface area contributed by atoms with E-state index < -0.39 is 10.8 Å². The van der Waals surface area contributed by atoms with Crippen LogP contribution >= 0.6 is 0 Å². The molecular weight excluding hydrogens is 695 g/mol. The fourth-order valence-electron chi connectivity index (χ4n) is 10.0. The van der Waals surface area contributed by atoms with Crippen LogP contribution in [0.2, 0.25) is 0 Å². The quantitative estimate of drug-likeness (QED) is 0.177. The predicted molar refractivity (Wildman–Crippen MR) is 227 cm³/mol. The minimum Gasteiger partial charge on any atom is -0.456 e. The van der Waals surface area contributed by atoms with Gasteiger partial charge in [0.05, 0.1) is 0 Å². The van der Waals surface area contributed by atoms with Crippen molar-refractivity contribution in [2.75, 3.05) is 0 Å². The summed E-state index contributed by atoms with van der Waals surface area (Å²) in [5, 5.41) is 2.01. The zero-order valence-corrected chi connectivity index (χ0v) is 30.8. The summed E-state index contributed by atoms with van der Waals surface area (Å²) in [6, 6.07) is 71.0. The first-order chi connectivity index (χ1) is 28.3. The lowest BCUT2D eigenvalue weighted by molar-refractivity contribution is 0.631. The molecule has 0 spiro atoms. The summed E-state index contributed by atoms with van der Waals surface area (Å²) in [5.74, 6) is 1.95. The number of hydrogen-bond acceptors (Lipinski definition) is 4. The van der Waals surface area contributed by atoms with Crippen LogP contribution in [0.4, 0.5) is 0 Å². The number of hydrogen-bond donors (Lipinski definition) is 0. The summed E-state index contributed by atoms with van der Waals surface area (Å²) in [5.41, 5.74) is 12.3. The summed E-state index contributed by atoms with van der Waals surface area (Å²) in [6.45, 7) is 0. The van der Waals surface area contributed by atoms with E-state index in [-0.39, 0.29) is 0 Å². The standard InChI is InChI=1S/C53H33N3O/c1-3-18-34(19-4-1)52(42-28-12-7-22-36(42)37-23-8-13-29-43(37)52)50-54-49(41-27-17-33-47-48(41)40-26-11-16-32-46(40)57-47)55-51(56-50)53(35-20-5-2-6-21-35)44-30-14-9-24-38(44)39-25-10-15-31-45(39)53/h1-33H. The van der Waals surface area contributed by atoms with E-state index in [4.69, 9.17) is 19.4 Å². The summed E-state index contributed by atoms with van der Waals surface area (Å²) < 4.78 is 6.47. The lowest BCUT2D eigenvalue weighted by atomic mass is 9.70. The van der Waals surface area contributed by atoms with E-state index >= 15 is 0 Å². The average Bonchev–Trinajstić information content (AvgIpc) is 3.92. The zero-order valence-electron chi connectivity index (χ0n) is 30.8. The first kappa shape index (κ1) is 31.9. The van der Waals surface area contributed by atoms with Crippen LogP contribution in [0.1, 0.15) is 45.0 Å². The first-order valence-electron chi connectivity index (χ1n) is 19.5. The highest BCUT2D eigenvalue weighted by atomic mass is 16.3. The molecule has 266 valence electrons. The van der Waals surface area contributed by atoms with Gasteiger partial charge in [0.25, 0.3) is 0 Å². The molecule has 0 aliphatic heterocycles. The van der Waals surface area contributed by atoms with E-state index in [0.717, 1.165) is 60.9 Å². The molecule has 0 radical (unpaired) electrons. The zero-order chi connectivity index (χ0) is 37.6. The van der Waals surface area contributed by atoms with Crippen LogP contribution < -0.4 is 0 Å². The van der Waals surface area contributed by atoms with Gasteiger partial charge in [0, 0.05) is 16.3 Å². The maximum atomic E-state index is 6.47. The fraction of sp³-hybridized carbons (Fsp3) is 0.0377. The third kappa shape index (κ3) is 4.24. The minimum atomic E-state index is -0.858. The van der Waals surface area contributed by atoms with Crippen LogP contribution in [0.5, 0.6) is 0 Å². The Morgan fingerprint density at radius 3 is 1.19 bits per heavy atom. The third-order valence-corrected chi connectivity index (χ3v) is 12.3. The van der Waals surface area contributed by atoms with Crippen molar-refractivity contribution in [3.8, 4) is 33.6 Å². The van der Waals surface area contributed by atoms with Crippen LogP contribution in [0.15, 0.2) is 205 Å². The lowest BCUT2D eigenvalue weighted by Crippen LogP contribution is -2.36. The largest absolute Gasteiger partial charge is 0.456 e. The van der Waals surface area contributed by atoms with E-state index in [9.17, 15) is 0 Å². The second-order valence-electron chi connectivity index (χ2n) is 15.0. The van der Waals surface area contributed by atoms with Crippen molar-refractivity contribution in [3.63, 3.8) is 0 Å². The maximum absolute atomic E-state index is 6.47. The molecule has 2 aliphatic carbocycles. The molecule has 2 aliphatic rings. The Morgan fingerprint density at radius 2 is 0.702 bits per heavy atom. The van der Waals surface area contributed by atoms with Crippen molar-refractivity contribution in [2.24, 2.45) is 0 Å². The first-order valence-corrected chi connectivity index (χ1v) is 19.5. The summed E-state index contributed by atoms with van der Waals surface area (Å²) in [6.07, 6.45) is 0. The van der Waals surface area contributed by atoms with Crippen LogP contribution in [-0.4, -0.2) is 15.0 Å². The van der Waals surface area contributed by atoms with Gasteiger partial charge < -0.3 is 4.42 Å². The monoisotopic (exact) mass is 727 g/mol. The molecule has 12 rings (SSSR count). The van der Waals surface area contributed by atoms with Gasteiger partial charge >= 0.3 is 0 Å². The van der Waals surface area contributed by atoms with Crippen molar-refractivity contribution >= 4 is 21.9 Å². The van der Waals surface area contributed by atoms with Crippen molar-refractivity contribution in [1.29, 1.82) is 0 Å². The Kier molecular flexibility index (Phi) is 6.73. The van der Waals surface area contributed by atoms with Crippen LogP contribution in [-0.2, 0) is 10.8 Å². The molecule has 2 aromatic heterocycles. The van der Waals surface area contributed by atoms with Gasteiger partial charge in [-0.15, -0.1) is 0 Å². The minimum absolute atomic E-state index is 0.599. The number of fused-ring (bicyclic) bond motifs is 9. The molecule has 10 aromatic rings. The molecule has 0 N–H and O–H groups in total. The molecule has 4 heteroatoms. The predicted octanol–water partition coefficient (Wildman–Crippen LogP) is 12.2. The number of furan rings is 1. The van der Waals surface area contributed by atoms with Gasteiger partial charge in [-0.1, -0.05) is 188 Å². The SMILES string of the molecule is c1ccc(C2(c3nc(-c4cccc5oc6ccccc6c45)nc(C4(c5ccccc5)c5ccccc5-c5ccccc54)n3)c3ccccc3-c3ccccc32)cc1. The highest BCUT2D eigenvalue weighted by molar-refractivity contribution is 6.11. The summed E-state index contributed by atoms with van der Waals surface area (Å²) in [7, 11) is 0. The van der Waals surface area contributed by atoms with E-state index in [1.54, 1.807) is 0 Å². The molecule has 0 bridgehead atoms. The smallest absolute Gasteiger partial charge is 0.164 e. The summed E-state index contributed by atoms with van der Waals surface area (Å²) >= 11 is 0. The van der Waals surface area contributed by atoms with Crippen LogP contribution in [0.3, 0.4) is 0 Å². The highest BCUT2D eigenvalue weighted by Crippen LogP contribution is 2.58. The van der Waals surface area contributed by atoms with Crippen molar-refractivity contribution < 1.29 is 4.42 Å². The Labute approximate surface area is 329 Å². The van der Waals surface area contributed by atoms with Crippen LogP contribution in [0, 0.1) is 0 Å². The Bertz CT molecular complexity index is 2950. The number of benzene rings is 8. The second-order valence-corrected chi connectivity index (χ2v) is 15.0. The van der Waals surface area contributed by atoms with Crippen molar-refractivity contribution in [1.82, 2.24) is 15.0 Å². The Hall–Kier alpha value is -7.43. The molecule has 0 saturated carbocycles. The lowest BCUT2D eigenvalue weighted by Gasteiger charge is -2.35. The van der Waals surface area contributed by atoms with Gasteiger partial charge in [0.15, 0.2) is 17.5 Å². The van der Waals surface area contributed by atoms with Gasteiger partial charge in [-0.25, -0.2) is 15.0 Å².